The van der Waals surface area contributed by atoms with Crippen LogP contribution in [0.5, 0.6) is 0 Å². The predicted molar refractivity (Wildman–Crippen MR) is 94.3 cm³/mol. The second-order valence-corrected chi connectivity index (χ2v) is 6.77. The lowest BCUT2D eigenvalue weighted by Gasteiger charge is -2.36. The number of hydrazine groups is 1. The van der Waals surface area contributed by atoms with Gasteiger partial charge in [-0.15, -0.1) is 0 Å². The van der Waals surface area contributed by atoms with Crippen LogP contribution in [0, 0.1) is 5.92 Å². The molecule has 3 heterocycles. The van der Waals surface area contributed by atoms with Crippen molar-refractivity contribution in [2.45, 2.75) is 31.3 Å². The van der Waals surface area contributed by atoms with E-state index in [2.05, 4.69) is 45.1 Å². The normalized spacial score (nSPS) is 25.6. The summed E-state index contributed by atoms with van der Waals surface area (Å²) < 4.78 is 0. The Labute approximate surface area is 147 Å². The van der Waals surface area contributed by atoms with Crippen LogP contribution in [0.25, 0.3) is 0 Å². The lowest BCUT2D eigenvalue weighted by Crippen LogP contribution is -2.47. The van der Waals surface area contributed by atoms with Gasteiger partial charge in [-0.2, -0.15) is 0 Å². The maximum atomic E-state index is 12.6. The van der Waals surface area contributed by atoms with Gasteiger partial charge in [0.2, 0.25) is 5.91 Å². The van der Waals surface area contributed by atoms with Crippen LogP contribution in [-0.2, 0) is 11.2 Å². The highest BCUT2D eigenvalue weighted by Gasteiger charge is 2.41. The van der Waals surface area contributed by atoms with Crippen LogP contribution in [0.2, 0.25) is 0 Å². The third kappa shape index (κ3) is 3.55. The predicted octanol–water partition coefficient (Wildman–Crippen LogP) is 1.48. The Hall–Kier alpha value is -2.31. The van der Waals surface area contributed by atoms with E-state index in [0.29, 0.717) is 24.8 Å². The van der Waals surface area contributed by atoms with Gasteiger partial charge in [0.1, 0.15) is 0 Å². The summed E-state index contributed by atoms with van der Waals surface area (Å²) >= 11 is 0. The number of aryl methyl sites for hydroxylation is 1. The first-order chi connectivity index (χ1) is 12.3. The Kier molecular flexibility index (Phi) is 4.72. The molecule has 6 heteroatoms. The van der Waals surface area contributed by atoms with Gasteiger partial charge in [0, 0.05) is 50.1 Å². The fourth-order valence-electron chi connectivity index (χ4n) is 3.87. The lowest BCUT2D eigenvalue weighted by atomic mass is 9.85. The van der Waals surface area contributed by atoms with Gasteiger partial charge in [0.25, 0.3) is 0 Å². The minimum Gasteiger partial charge on any atom is -0.342 e. The van der Waals surface area contributed by atoms with Crippen molar-refractivity contribution in [3.05, 3.63) is 60.2 Å². The molecule has 4 rings (SSSR count). The van der Waals surface area contributed by atoms with Crippen molar-refractivity contribution in [2.24, 2.45) is 5.92 Å². The van der Waals surface area contributed by atoms with Crippen LogP contribution in [-0.4, -0.2) is 39.9 Å². The van der Waals surface area contributed by atoms with E-state index in [1.165, 1.54) is 5.56 Å². The van der Waals surface area contributed by atoms with Gasteiger partial charge in [0.15, 0.2) is 0 Å². The first kappa shape index (κ1) is 16.2. The van der Waals surface area contributed by atoms with Crippen molar-refractivity contribution >= 4 is 5.91 Å². The average molecular weight is 337 g/mol. The molecule has 0 radical (unpaired) electrons. The van der Waals surface area contributed by atoms with E-state index in [1.807, 2.05) is 11.0 Å². The molecule has 130 valence electrons. The summed E-state index contributed by atoms with van der Waals surface area (Å²) in [5.74, 6) is 0.611. The first-order valence-electron chi connectivity index (χ1n) is 8.90. The largest absolute Gasteiger partial charge is 0.342 e. The molecule has 2 aliphatic rings. The van der Waals surface area contributed by atoms with Crippen LogP contribution in [0.15, 0.2) is 48.9 Å². The number of aromatic nitrogens is 2. The summed E-state index contributed by atoms with van der Waals surface area (Å²) in [6.45, 7) is 1.61. The van der Waals surface area contributed by atoms with Crippen LogP contribution in [0.1, 0.15) is 30.1 Å². The van der Waals surface area contributed by atoms with Crippen molar-refractivity contribution in [3.63, 3.8) is 0 Å². The highest BCUT2D eigenvalue weighted by Crippen LogP contribution is 2.33. The molecule has 2 N–H and O–H groups in total. The summed E-state index contributed by atoms with van der Waals surface area (Å²) in [5.41, 5.74) is 8.99. The van der Waals surface area contributed by atoms with Crippen molar-refractivity contribution in [2.75, 3.05) is 13.1 Å². The molecule has 2 fully saturated rings. The van der Waals surface area contributed by atoms with Gasteiger partial charge in [-0.25, -0.2) is 5.43 Å². The lowest BCUT2D eigenvalue weighted by molar-refractivity contribution is -0.133. The molecule has 25 heavy (non-hydrogen) atoms. The number of hydrogen-bond donors (Lipinski definition) is 2. The van der Waals surface area contributed by atoms with Gasteiger partial charge in [-0.1, -0.05) is 30.3 Å². The van der Waals surface area contributed by atoms with Crippen molar-refractivity contribution < 1.29 is 4.79 Å². The molecule has 6 nitrogen and oxygen atoms in total. The fraction of sp³-hybridized carbons (Fsp3) is 0.421. The Bertz CT molecular complexity index is 708. The summed E-state index contributed by atoms with van der Waals surface area (Å²) in [6, 6.07) is 11.1. The molecule has 3 unspecified atom stereocenters. The summed E-state index contributed by atoms with van der Waals surface area (Å²) in [6.07, 6.45) is 7.18. The number of carbonyl (C=O) groups excluding carboxylic acids is 1. The third-order valence-electron chi connectivity index (χ3n) is 5.23. The Morgan fingerprint density at radius 3 is 2.88 bits per heavy atom. The van der Waals surface area contributed by atoms with Crippen molar-refractivity contribution in [1.82, 2.24) is 25.7 Å². The zero-order valence-electron chi connectivity index (χ0n) is 14.1. The monoisotopic (exact) mass is 337 g/mol. The SMILES string of the molecule is O=C(CCc1cnccn1)N1CCC2NNC(c3ccccc3)C2C1. The van der Waals surface area contributed by atoms with E-state index in [-0.39, 0.29) is 11.9 Å². The number of nitrogens with zero attached hydrogens (tertiary/aromatic N) is 3. The standard InChI is InChI=1S/C19H23N5O/c25-18(7-6-15-12-20-9-10-21-15)24-11-8-17-16(13-24)19(23-22-17)14-4-2-1-3-5-14/h1-5,9-10,12,16-17,19,22-23H,6-8,11,13H2. The van der Waals surface area contributed by atoms with Gasteiger partial charge in [-0.05, 0) is 18.4 Å². The number of amides is 1. The molecular formula is C19H23N5O. The number of likely N-dealkylation sites (tertiary alicyclic amines) is 1. The van der Waals surface area contributed by atoms with Crippen molar-refractivity contribution in [3.8, 4) is 0 Å². The summed E-state index contributed by atoms with van der Waals surface area (Å²) in [7, 11) is 0. The average Bonchev–Trinajstić information content (AvgIpc) is 3.11. The molecule has 1 aromatic carbocycles. The minimum atomic E-state index is 0.211. The molecule has 1 amide bonds. The molecule has 0 spiro atoms. The van der Waals surface area contributed by atoms with Crippen LogP contribution in [0.3, 0.4) is 0 Å². The molecule has 3 atom stereocenters. The second-order valence-electron chi connectivity index (χ2n) is 6.77. The van der Waals surface area contributed by atoms with Crippen molar-refractivity contribution in [1.29, 1.82) is 0 Å². The van der Waals surface area contributed by atoms with Crippen LogP contribution < -0.4 is 10.9 Å². The maximum absolute atomic E-state index is 12.6. The van der Waals surface area contributed by atoms with E-state index < -0.39 is 0 Å². The molecule has 0 bridgehead atoms. The van der Waals surface area contributed by atoms with Gasteiger partial charge in [0.05, 0.1) is 11.7 Å². The Morgan fingerprint density at radius 2 is 2.08 bits per heavy atom. The molecule has 0 saturated carbocycles. The quantitative estimate of drug-likeness (QED) is 0.884. The Morgan fingerprint density at radius 1 is 1.20 bits per heavy atom. The van der Waals surface area contributed by atoms with Gasteiger partial charge >= 0.3 is 0 Å². The number of nitrogens with one attached hydrogen (secondary N) is 2. The van der Waals surface area contributed by atoms with E-state index in [4.69, 9.17) is 0 Å². The first-order valence-corrected chi connectivity index (χ1v) is 8.90. The van der Waals surface area contributed by atoms with Gasteiger partial charge in [-0.3, -0.25) is 20.2 Å². The molecule has 2 aromatic rings. The number of hydrogen-bond acceptors (Lipinski definition) is 5. The fourth-order valence-corrected chi connectivity index (χ4v) is 3.87. The number of piperidine rings is 1. The maximum Gasteiger partial charge on any atom is 0.222 e. The highest BCUT2D eigenvalue weighted by atomic mass is 16.2. The second kappa shape index (κ2) is 7.29. The smallest absolute Gasteiger partial charge is 0.222 e. The number of benzene rings is 1. The molecule has 1 aromatic heterocycles. The van der Waals surface area contributed by atoms with E-state index in [1.54, 1.807) is 18.6 Å². The van der Waals surface area contributed by atoms with Gasteiger partial charge < -0.3 is 4.90 Å². The minimum absolute atomic E-state index is 0.211. The third-order valence-corrected chi connectivity index (χ3v) is 5.23. The van der Waals surface area contributed by atoms with Crippen LogP contribution >= 0.6 is 0 Å². The number of fused-ring (bicyclic) bond motifs is 1. The Balaban J connectivity index is 1.39. The summed E-state index contributed by atoms with van der Waals surface area (Å²) in [4.78, 5) is 23.0. The molecule has 2 saturated heterocycles. The highest BCUT2D eigenvalue weighted by molar-refractivity contribution is 5.76. The zero-order chi connectivity index (χ0) is 17.1. The van der Waals surface area contributed by atoms with Crippen LogP contribution in [0.4, 0.5) is 0 Å². The molecular weight excluding hydrogens is 314 g/mol. The van der Waals surface area contributed by atoms with E-state index >= 15 is 0 Å². The number of carbonyl (C=O) groups is 1. The van der Waals surface area contributed by atoms with E-state index in [9.17, 15) is 4.79 Å². The summed E-state index contributed by atoms with van der Waals surface area (Å²) in [5, 5.41) is 0. The zero-order valence-corrected chi connectivity index (χ0v) is 14.1. The molecule has 0 aliphatic carbocycles. The topological polar surface area (TPSA) is 70.2 Å². The van der Waals surface area contributed by atoms with E-state index in [0.717, 1.165) is 25.2 Å². The number of rotatable bonds is 4. The molecule has 2 aliphatic heterocycles.